The Morgan fingerprint density at radius 3 is 2.32 bits per heavy atom. The molecule has 3 rings (SSSR count). The molecule has 0 bridgehead atoms. The van der Waals surface area contributed by atoms with Gasteiger partial charge in [0.15, 0.2) is 5.78 Å². The van der Waals surface area contributed by atoms with Crippen molar-refractivity contribution in [2.45, 2.75) is 19.3 Å². The molecule has 1 atom stereocenters. The molecular formula is C18H15NO3. The van der Waals surface area contributed by atoms with E-state index in [-0.39, 0.29) is 18.1 Å². The molecule has 110 valence electrons. The number of carbonyl (C=O) groups is 3. The number of fused-ring (bicyclic) bond motifs is 1. The number of imide groups is 1. The fourth-order valence-corrected chi connectivity index (χ4v) is 2.85. The zero-order chi connectivity index (χ0) is 15.7. The number of anilines is 1. The van der Waals surface area contributed by atoms with E-state index in [1.165, 1.54) is 6.92 Å². The molecule has 0 aromatic heterocycles. The number of carbonyl (C=O) groups excluding carboxylic acids is 3. The quantitative estimate of drug-likeness (QED) is 0.817. The van der Waals surface area contributed by atoms with Crippen molar-refractivity contribution in [1.29, 1.82) is 0 Å². The van der Waals surface area contributed by atoms with Gasteiger partial charge in [-0.15, -0.1) is 0 Å². The van der Waals surface area contributed by atoms with Crippen LogP contribution in [0.5, 0.6) is 0 Å². The van der Waals surface area contributed by atoms with Gasteiger partial charge in [0, 0.05) is 13.3 Å². The lowest BCUT2D eigenvalue weighted by molar-refractivity contribution is -0.129. The molecule has 0 spiro atoms. The molecule has 4 heteroatoms. The average molecular weight is 293 g/mol. The molecule has 0 N–H and O–H groups in total. The summed E-state index contributed by atoms with van der Waals surface area (Å²) in [5.41, 5.74) is 1.99. The van der Waals surface area contributed by atoms with Crippen molar-refractivity contribution in [3.8, 4) is 0 Å². The number of nitrogens with zero attached hydrogens (tertiary/aromatic N) is 1. The van der Waals surface area contributed by atoms with Gasteiger partial charge in [0.05, 0.1) is 5.69 Å². The highest BCUT2D eigenvalue weighted by molar-refractivity contribution is 6.27. The Balaban J connectivity index is 1.95. The molecular weight excluding hydrogens is 278 g/mol. The van der Waals surface area contributed by atoms with E-state index >= 15 is 0 Å². The average Bonchev–Trinajstić information content (AvgIpc) is 2.80. The van der Waals surface area contributed by atoms with Gasteiger partial charge in [-0.1, -0.05) is 48.5 Å². The summed E-state index contributed by atoms with van der Waals surface area (Å²) in [6, 6.07) is 16.3. The van der Waals surface area contributed by atoms with E-state index in [9.17, 15) is 14.4 Å². The minimum absolute atomic E-state index is 0.178. The number of hydrogen-bond donors (Lipinski definition) is 0. The zero-order valence-corrected chi connectivity index (χ0v) is 12.2. The third kappa shape index (κ3) is 2.33. The fourth-order valence-electron chi connectivity index (χ4n) is 2.85. The first-order valence-electron chi connectivity index (χ1n) is 7.09. The van der Waals surface area contributed by atoms with E-state index < -0.39 is 11.8 Å². The molecule has 2 amide bonds. The molecule has 0 saturated carbocycles. The van der Waals surface area contributed by atoms with Crippen LogP contribution in [0.1, 0.15) is 24.0 Å². The lowest BCUT2D eigenvalue weighted by Gasteiger charge is -2.13. The Bertz CT molecular complexity index is 752. The second-order valence-electron chi connectivity index (χ2n) is 5.31. The highest BCUT2D eigenvalue weighted by Crippen LogP contribution is 2.38. The van der Waals surface area contributed by atoms with E-state index in [0.29, 0.717) is 11.3 Å². The van der Waals surface area contributed by atoms with Gasteiger partial charge in [-0.05, 0) is 17.2 Å². The third-order valence-corrected chi connectivity index (χ3v) is 3.81. The third-order valence-electron chi connectivity index (χ3n) is 3.81. The first kappa shape index (κ1) is 14.2. The monoisotopic (exact) mass is 293 g/mol. The molecule has 2 aromatic rings. The summed E-state index contributed by atoms with van der Waals surface area (Å²) in [5.74, 6) is -1.89. The van der Waals surface area contributed by atoms with Crippen LogP contribution < -0.4 is 4.90 Å². The maximum Gasteiger partial charge on any atom is 0.248 e. The van der Waals surface area contributed by atoms with E-state index in [0.717, 1.165) is 10.5 Å². The molecule has 1 heterocycles. The Kier molecular flexibility index (Phi) is 3.59. The predicted molar refractivity (Wildman–Crippen MR) is 82.5 cm³/mol. The van der Waals surface area contributed by atoms with Gasteiger partial charge in [-0.25, -0.2) is 4.90 Å². The van der Waals surface area contributed by atoms with Crippen LogP contribution in [-0.4, -0.2) is 17.6 Å². The van der Waals surface area contributed by atoms with E-state index in [2.05, 4.69) is 0 Å². The van der Waals surface area contributed by atoms with Gasteiger partial charge >= 0.3 is 0 Å². The van der Waals surface area contributed by atoms with Crippen LogP contribution in [0.4, 0.5) is 5.69 Å². The summed E-state index contributed by atoms with van der Waals surface area (Å²) in [6.45, 7) is 1.33. The number of rotatable bonds is 3. The fraction of sp³-hybridized carbons (Fsp3) is 0.167. The largest absolute Gasteiger partial charge is 0.298 e. The molecule has 2 aromatic carbocycles. The molecule has 22 heavy (non-hydrogen) atoms. The Hall–Kier alpha value is -2.75. The summed E-state index contributed by atoms with van der Waals surface area (Å²) in [4.78, 5) is 38.0. The van der Waals surface area contributed by atoms with Crippen molar-refractivity contribution < 1.29 is 14.4 Å². The highest BCUT2D eigenvalue weighted by atomic mass is 16.2. The van der Waals surface area contributed by atoms with Gasteiger partial charge in [0.2, 0.25) is 11.8 Å². The molecule has 1 aliphatic heterocycles. The van der Waals surface area contributed by atoms with E-state index in [1.807, 2.05) is 30.3 Å². The molecule has 0 aliphatic carbocycles. The zero-order valence-electron chi connectivity index (χ0n) is 12.2. The number of benzene rings is 2. The molecule has 0 fully saturated rings. The van der Waals surface area contributed by atoms with Gasteiger partial charge < -0.3 is 0 Å². The van der Waals surface area contributed by atoms with Crippen molar-refractivity contribution in [2.75, 3.05) is 4.90 Å². The summed E-state index contributed by atoms with van der Waals surface area (Å²) in [7, 11) is 0. The van der Waals surface area contributed by atoms with Crippen LogP contribution >= 0.6 is 0 Å². The number of Topliss-reactive ketones (excluding diaryl/α,β-unsaturated/α-hetero) is 1. The molecule has 0 radical (unpaired) electrons. The Morgan fingerprint density at radius 2 is 1.64 bits per heavy atom. The van der Waals surface area contributed by atoms with Crippen LogP contribution in [0.2, 0.25) is 0 Å². The molecule has 1 aliphatic rings. The van der Waals surface area contributed by atoms with Gasteiger partial charge in [-0.2, -0.15) is 0 Å². The van der Waals surface area contributed by atoms with Gasteiger partial charge in [0.1, 0.15) is 5.92 Å². The molecule has 1 unspecified atom stereocenters. The predicted octanol–water partition coefficient (Wildman–Crippen LogP) is 2.48. The summed E-state index contributed by atoms with van der Waals surface area (Å²) < 4.78 is 0. The van der Waals surface area contributed by atoms with Gasteiger partial charge in [-0.3, -0.25) is 14.4 Å². The first-order valence-corrected chi connectivity index (χ1v) is 7.09. The Labute approximate surface area is 128 Å². The second-order valence-corrected chi connectivity index (χ2v) is 5.31. The van der Waals surface area contributed by atoms with Crippen LogP contribution in [0.15, 0.2) is 54.6 Å². The molecule has 0 saturated heterocycles. The Morgan fingerprint density at radius 1 is 1.00 bits per heavy atom. The topological polar surface area (TPSA) is 54.5 Å². The minimum atomic E-state index is -0.889. The lowest BCUT2D eigenvalue weighted by Crippen LogP contribution is -2.35. The number of ketones is 1. The molecule has 4 nitrogen and oxygen atoms in total. The summed E-state index contributed by atoms with van der Waals surface area (Å²) in [6.07, 6.45) is 0.178. The van der Waals surface area contributed by atoms with Crippen molar-refractivity contribution in [1.82, 2.24) is 0 Å². The van der Waals surface area contributed by atoms with Crippen LogP contribution in [0, 0.1) is 0 Å². The second kappa shape index (κ2) is 5.56. The van der Waals surface area contributed by atoms with E-state index in [4.69, 9.17) is 0 Å². The normalized spacial score (nSPS) is 16.5. The highest BCUT2D eigenvalue weighted by Gasteiger charge is 2.42. The minimum Gasteiger partial charge on any atom is -0.298 e. The number of hydrogen-bond acceptors (Lipinski definition) is 3. The summed E-state index contributed by atoms with van der Waals surface area (Å²) in [5, 5.41) is 0. The maximum atomic E-state index is 12.6. The van der Waals surface area contributed by atoms with Crippen LogP contribution in [0.3, 0.4) is 0 Å². The van der Waals surface area contributed by atoms with E-state index in [1.54, 1.807) is 24.3 Å². The van der Waals surface area contributed by atoms with Crippen LogP contribution in [0.25, 0.3) is 0 Å². The lowest BCUT2D eigenvalue weighted by atomic mass is 9.92. The van der Waals surface area contributed by atoms with Crippen LogP contribution in [-0.2, 0) is 20.8 Å². The maximum absolute atomic E-state index is 12.6. The van der Waals surface area contributed by atoms with Crippen molar-refractivity contribution >= 4 is 23.3 Å². The van der Waals surface area contributed by atoms with Gasteiger partial charge in [0.25, 0.3) is 0 Å². The number of amides is 2. The van der Waals surface area contributed by atoms with Crippen molar-refractivity contribution in [2.24, 2.45) is 0 Å². The van der Waals surface area contributed by atoms with Crippen molar-refractivity contribution in [3.05, 3.63) is 65.7 Å². The number of para-hydroxylation sites is 1. The SMILES string of the molecule is CC(=O)N1C(=O)C(C(=O)Cc2ccccc2)c2ccccc21. The standard InChI is InChI=1S/C18H15NO3/c1-12(20)19-15-10-6-5-9-14(15)17(18(19)22)16(21)11-13-7-3-2-4-8-13/h2-10,17H,11H2,1H3. The summed E-state index contributed by atoms with van der Waals surface area (Å²) >= 11 is 0. The van der Waals surface area contributed by atoms with Crippen molar-refractivity contribution in [3.63, 3.8) is 0 Å². The smallest absolute Gasteiger partial charge is 0.248 e. The first-order chi connectivity index (χ1) is 10.6.